The fraction of sp³-hybridized carbons (Fsp3) is 0.538. The lowest BCUT2D eigenvalue weighted by molar-refractivity contribution is -0.00000841. The monoisotopic (exact) mass is 459 g/mol. The van der Waals surface area contributed by atoms with Gasteiger partial charge in [0.1, 0.15) is 13.1 Å². The lowest BCUT2D eigenvalue weighted by atomic mass is 10.4. The molecule has 0 radical (unpaired) electrons. The second-order valence-electron chi connectivity index (χ2n) is 5.21. The van der Waals surface area contributed by atoms with Gasteiger partial charge in [-0.15, -0.1) is 15.0 Å². The molecule has 27 heavy (non-hydrogen) atoms. The maximum atomic E-state index is 5.35. The Kier molecular flexibility index (Phi) is 9.57. The minimum atomic E-state index is 0. The Hall–Kier alpha value is -1.30. The van der Waals surface area contributed by atoms with Crippen LogP contribution in [0.1, 0.15) is 0 Å². The van der Waals surface area contributed by atoms with E-state index in [9.17, 15) is 0 Å². The first kappa shape index (κ1) is 23.7. The van der Waals surface area contributed by atoms with Gasteiger partial charge < -0.3 is 26.6 Å². The second kappa shape index (κ2) is 10.9. The Morgan fingerprint density at radius 1 is 0.778 bits per heavy atom. The zero-order valence-electron chi connectivity index (χ0n) is 14.7. The predicted molar refractivity (Wildman–Crippen MR) is 96.1 cm³/mol. The molecule has 1 aliphatic rings. The second-order valence-corrected chi connectivity index (χ2v) is 6.22. The molecule has 0 atom stereocenters. The fourth-order valence-corrected chi connectivity index (χ4v) is 2.61. The fourth-order valence-electron chi connectivity index (χ4n) is 2.00. The number of hydrogen-bond acceptors (Lipinski definition) is 9. The van der Waals surface area contributed by atoms with Crippen molar-refractivity contribution in [3.8, 4) is 12.0 Å². The largest absolute Gasteiger partial charge is 1.00 e. The van der Waals surface area contributed by atoms with E-state index in [1.165, 1.54) is 14.2 Å². The molecule has 0 amide bonds. The van der Waals surface area contributed by atoms with Crippen molar-refractivity contribution in [1.82, 2.24) is 34.4 Å². The van der Waals surface area contributed by atoms with E-state index in [1.807, 2.05) is 0 Å². The third kappa shape index (κ3) is 6.98. The first-order chi connectivity index (χ1) is 12.4. The van der Waals surface area contributed by atoms with Crippen LogP contribution >= 0.6 is 34.8 Å². The average molecular weight is 461 g/mol. The minimum Gasteiger partial charge on any atom is -1.00 e. The van der Waals surface area contributed by atoms with Crippen LogP contribution in [-0.4, -0.2) is 77.5 Å². The molecule has 14 heteroatoms. The van der Waals surface area contributed by atoms with Gasteiger partial charge in [-0.25, -0.2) is 0 Å². The van der Waals surface area contributed by atoms with Crippen LogP contribution in [0.5, 0.6) is 12.0 Å². The number of rotatable bonds is 3. The maximum absolute atomic E-state index is 5.35. The number of quaternary nitrogens is 1. The number of morpholine rings is 1. The van der Waals surface area contributed by atoms with Crippen LogP contribution in [0.3, 0.4) is 0 Å². The van der Waals surface area contributed by atoms with Crippen molar-refractivity contribution in [3.63, 3.8) is 0 Å². The molecule has 3 heterocycles. The number of methoxy groups -OCH3 is 2. The zero-order valence-corrected chi connectivity index (χ0v) is 17.7. The summed E-state index contributed by atoms with van der Waals surface area (Å²) in [4.78, 5) is 22.9. The average Bonchev–Trinajstić information content (AvgIpc) is 2.61. The van der Waals surface area contributed by atoms with E-state index in [2.05, 4.69) is 37.0 Å². The third-order valence-corrected chi connectivity index (χ3v) is 3.95. The molecule has 150 valence electrons. The molecule has 1 saturated heterocycles. The van der Waals surface area contributed by atoms with Gasteiger partial charge in [0.25, 0.3) is 0 Å². The molecule has 0 aromatic carbocycles. The van der Waals surface area contributed by atoms with Crippen LogP contribution in [0.4, 0.5) is 5.95 Å². The lowest BCUT2D eigenvalue weighted by Gasteiger charge is -2.34. The SMILES string of the molecule is COc1nc(OC)nc([N+]2(C)CCOCC2)n1.Clc1nc(Cl)nc(Cl)n1.[Cl-]. The van der Waals surface area contributed by atoms with Crippen LogP contribution in [0.2, 0.25) is 15.9 Å². The Morgan fingerprint density at radius 3 is 1.56 bits per heavy atom. The van der Waals surface area contributed by atoms with Crippen LogP contribution in [0.25, 0.3) is 0 Å². The van der Waals surface area contributed by atoms with Crippen molar-refractivity contribution in [2.45, 2.75) is 0 Å². The van der Waals surface area contributed by atoms with Crippen LogP contribution < -0.4 is 26.4 Å². The van der Waals surface area contributed by atoms with E-state index in [1.54, 1.807) is 0 Å². The smallest absolute Gasteiger partial charge is 0.338 e. The lowest BCUT2D eigenvalue weighted by Crippen LogP contribution is -3.00. The standard InChI is InChI=1S/C10H17N4O3.C3Cl3N3.ClH/c1-14(4-6-17-7-5-14)8-11-9(15-2)13-10(12-8)16-3;4-1-7-2(5)9-3(6)8-1;/h4-7H2,1-3H3;;1H/q+1;;/p-1. The normalized spacial score (nSPS) is 15.0. The molecule has 0 aliphatic carbocycles. The van der Waals surface area contributed by atoms with Crippen LogP contribution in [-0.2, 0) is 4.74 Å². The zero-order chi connectivity index (χ0) is 19.2. The molecule has 0 bridgehead atoms. The Morgan fingerprint density at radius 2 is 1.19 bits per heavy atom. The molecule has 0 saturated carbocycles. The highest BCUT2D eigenvalue weighted by Gasteiger charge is 2.32. The molecule has 2 aromatic heterocycles. The molecule has 0 unspecified atom stereocenters. The molecule has 3 rings (SSSR count). The summed E-state index contributed by atoms with van der Waals surface area (Å²) >= 11 is 16.0. The van der Waals surface area contributed by atoms with Crippen molar-refractivity contribution in [3.05, 3.63) is 15.9 Å². The van der Waals surface area contributed by atoms with E-state index < -0.39 is 0 Å². The molecular weight excluding hydrogens is 444 g/mol. The van der Waals surface area contributed by atoms with E-state index >= 15 is 0 Å². The third-order valence-electron chi connectivity index (χ3n) is 3.44. The van der Waals surface area contributed by atoms with Gasteiger partial charge in [0.2, 0.25) is 15.9 Å². The first-order valence-electron chi connectivity index (χ1n) is 7.36. The van der Waals surface area contributed by atoms with Crippen molar-refractivity contribution < 1.29 is 26.6 Å². The van der Waals surface area contributed by atoms with E-state index in [0.717, 1.165) is 13.1 Å². The summed E-state index contributed by atoms with van der Waals surface area (Å²) < 4.78 is 16.1. The summed E-state index contributed by atoms with van der Waals surface area (Å²) in [6.45, 7) is 3.06. The van der Waals surface area contributed by atoms with E-state index in [4.69, 9.17) is 49.0 Å². The summed E-state index contributed by atoms with van der Waals surface area (Å²) in [5, 5.41) is 0.00000000000000178. The van der Waals surface area contributed by atoms with Gasteiger partial charge in [0.05, 0.1) is 34.5 Å². The van der Waals surface area contributed by atoms with E-state index in [-0.39, 0.29) is 40.3 Å². The summed E-state index contributed by atoms with van der Waals surface area (Å²) in [5.41, 5.74) is 0. The Bertz CT molecular complexity index is 677. The van der Waals surface area contributed by atoms with Crippen LogP contribution in [0.15, 0.2) is 0 Å². The summed E-state index contributed by atoms with van der Waals surface area (Å²) in [6.07, 6.45) is 0. The van der Waals surface area contributed by atoms with Crippen LogP contribution in [0, 0.1) is 0 Å². The minimum absolute atomic E-state index is 0. The number of nitrogens with zero attached hydrogens (tertiary/aromatic N) is 7. The summed E-state index contributed by atoms with van der Waals surface area (Å²) in [6, 6.07) is 0.551. The number of likely N-dealkylation sites (N-methyl/N-ethyl adjacent to an activating group) is 1. The molecule has 0 N–H and O–H groups in total. The summed E-state index contributed by atoms with van der Waals surface area (Å²) in [5.74, 6) is 0.650. The molecule has 2 aromatic rings. The highest BCUT2D eigenvalue weighted by Crippen LogP contribution is 2.22. The molecular formula is C13H17Cl4N7O3. The predicted octanol–water partition coefficient (Wildman–Crippen LogP) is -1.31. The molecule has 0 spiro atoms. The summed E-state index contributed by atoms with van der Waals surface area (Å²) in [7, 11) is 5.12. The Labute approximate surface area is 177 Å². The van der Waals surface area contributed by atoms with Gasteiger partial charge >= 0.3 is 18.0 Å². The number of aromatic nitrogens is 6. The number of ether oxygens (including phenoxy) is 3. The van der Waals surface area contributed by atoms with Crippen molar-refractivity contribution in [2.24, 2.45) is 0 Å². The van der Waals surface area contributed by atoms with Gasteiger partial charge in [0, 0.05) is 0 Å². The molecule has 1 fully saturated rings. The van der Waals surface area contributed by atoms with Crippen molar-refractivity contribution in [2.75, 3.05) is 47.6 Å². The van der Waals surface area contributed by atoms with Crippen molar-refractivity contribution >= 4 is 40.8 Å². The number of hydrogen-bond donors (Lipinski definition) is 0. The first-order valence-corrected chi connectivity index (χ1v) is 8.49. The van der Waals surface area contributed by atoms with Crippen molar-refractivity contribution in [1.29, 1.82) is 0 Å². The quantitative estimate of drug-likeness (QED) is 0.516. The Balaban J connectivity index is 0.000000310. The van der Waals surface area contributed by atoms with E-state index in [0.29, 0.717) is 23.6 Å². The molecule has 10 nitrogen and oxygen atoms in total. The van der Waals surface area contributed by atoms with Gasteiger partial charge in [-0.3, -0.25) is 4.48 Å². The van der Waals surface area contributed by atoms with Gasteiger partial charge in [-0.2, -0.15) is 15.0 Å². The highest BCUT2D eigenvalue weighted by molar-refractivity contribution is 6.33. The molecule has 1 aliphatic heterocycles. The highest BCUT2D eigenvalue weighted by atomic mass is 35.5. The van der Waals surface area contributed by atoms with Gasteiger partial charge in [-0.05, 0) is 34.8 Å². The number of halogens is 4. The van der Waals surface area contributed by atoms with Gasteiger partial charge in [0.15, 0.2) is 0 Å². The maximum Gasteiger partial charge on any atom is 0.338 e. The topological polar surface area (TPSA) is 105 Å². The van der Waals surface area contributed by atoms with Gasteiger partial charge in [-0.1, -0.05) is 0 Å².